The first-order valence-corrected chi connectivity index (χ1v) is 6.14. The Balaban J connectivity index is 2.39. The molecule has 0 radical (unpaired) electrons. The van der Waals surface area contributed by atoms with Crippen LogP contribution >= 0.6 is 0 Å². The van der Waals surface area contributed by atoms with Crippen LogP contribution in [-0.4, -0.2) is 0 Å². The molecule has 3 unspecified atom stereocenters. The predicted molar refractivity (Wildman–Crippen MR) is 62.9 cm³/mol. The molecule has 1 rings (SSSR count). The molecule has 0 aliphatic heterocycles. The van der Waals surface area contributed by atoms with E-state index in [1.807, 2.05) is 0 Å². The lowest BCUT2D eigenvalue weighted by Crippen LogP contribution is -2.14. The predicted octanol–water partition coefficient (Wildman–Crippen LogP) is 4.11. The monoisotopic (exact) mass is 192 g/mol. The Labute approximate surface area is 89.5 Å². The van der Waals surface area contributed by atoms with Gasteiger partial charge in [-0.15, -0.1) is 0 Å². The largest absolute Gasteiger partial charge is 0.0996 e. The van der Waals surface area contributed by atoms with Crippen molar-refractivity contribution in [2.24, 2.45) is 23.7 Å². The fourth-order valence-electron chi connectivity index (χ4n) is 1.99. The lowest BCUT2D eigenvalue weighted by Gasteiger charge is -2.23. The molecule has 0 spiro atoms. The van der Waals surface area contributed by atoms with Gasteiger partial charge in [0.05, 0.1) is 0 Å². The summed E-state index contributed by atoms with van der Waals surface area (Å²) in [6, 6.07) is 0. The molecule has 0 heteroatoms. The van der Waals surface area contributed by atoms with Crippen molar-refractivity contribution < 1.29 is 0 Å². The van der Waals surface area contributed by atoms with Gasteiger partial charge in [0.1, 0.15) is 0 Å². The normalized spacial score (nSPS) is 28.4. The fourth-order valence-corrected chi connectivity index (χ4v) is 1.99. The van der Waals surface area contributed by atoms with Crippen LogP contribution < -0.4 is 0 Å². The van der Waals surface area contributed by atoms with Crippen molar-refractivity contribution in [3.05, 3.63) is 0 Å². The van der Waals surface area contributed by atoms with Crippen molar-refractivity contribution >= 4 is 0 Å². The summed E-state index contributed by atoms with van der Waals surface area (Å²) in [6.07, 6.45) is 5.21. The molecule has 0 saturated heterocycles. The van der Waals surface area contributed by atoms with Gasteiger partial charge in [-0.25, -0.2) is 0 Å². The van der Waals surface area contributed by atoms with Crippen molar-refractivity contribution in [1.82, 2.24) is 0 Å². The molecule has 0 aromatic rings. The lowest BCUT2D eigenvalue weighted by atomic mass is 9.82. The van der Waals surface area contributed by atoms with Gasteiger partial charge in [-0.2, -0.15) is 0 Å². The Kier molecular flexibility index (Phi) is 4.52. The van der Waals surface area contributed by atoms with E-state index in [0.29, 0.717) is 11.8 Å². The highest BCUT2D eigenvalue weighted by Gasteiger charge is 2.17. The molecule has 0 heterocycles. The molecule has 0 bridgehead atoms. The maximum absolute atomic E-state index is 3.46. The van der Waals surface area contributed by atoms with Crippen LogP contribution in [0.3, 0.4) is 0 Å². The van der Waals surface area contributed by atoms with E-state index in [1.165, 1.54) is 25.7 Å². The van der Waals surface area contributed by atoms with Crippen molar-refractivity contribution in [1.29, 1.82) is 0 Å². The average Bonchev–Trinajstić information content (AvgIpc) is 2.19. The second-order valence-corrected chi connectivity index (χ2v) is 5.13. The first-order chi connectivity index (χ1) is 6.63. The van der Waals surface area contributed by atoms with E-state index in [4.69, 9.17) is 0 Å². The van der Waals surface area contributed by atoms with E-state index in [9.17, 15) is 0 Å². The molecule has 1 aliphatic carbocycles. The Bertz CT molecular complexity index is 216. The van der Waals surface area contributed by atoms with Gasteiger partial charge in [0.25, 0.3) is 0 Å². The highest BCUT2D eigenvalue weighted by Crippen LogP contribution is 2.27. The van der Waals surface area contributed by atoms with Gasteiger partial charge in [-0.3, -0.25) is 0 Å². The molecule has 14 heavy (non-hydrogen) atoms. The summed E-state index contributed by atoms with van der Waals surface area (Å²) in [6.45, 7) is 9.24. The maximum atomic E-state index is 3.46. The minimum Gasteiger partial charge on any atom is -0.0996 e. The SMILES string of the molecule is CCC1C#CC(CC(C)C(C)C)CC1. The molecule has 0 N–H and O–H groups in total. The quantitative estimate of drug-likeness (QED) is 0.588. The molecule has 0 aromatic carbocycles. The molecule has 3 atom stereocenters. The van der Waals surface area contributed by atoms with Gasteiger partial charge in [0, 0.05) is 11.8 Å². The molecular formula is C14H24. The van der Waals surface area contributed by atoms with Gasteiger partial charge in [0.2, 0.25) is 0 Å². The molecule has 1 aliphatic rings. The van der Waals surface area contributed by atoms with Crippen LogP contribution in [0.2, 0.25) is 0 Å². The van der Waals surface area contributed by atoms with Gasteiger partial charge < -0.3 is 0 Å². The Morgan fingerprint density at radius 1 is 1.07 bits per heavy atom. The summed E-state index contributed by atoms with van der Waals surface area (Å²) in [5.74, 6) is 9.89. The van der Waals surface area contributed by atoms with Crippen LogP contribution in [0, 0.1) is 35.5 Å². The van der Waals surface area contributed by atoms with Crippen molar-refractivity contribution in [2.75, 3.05) is 0 Å². The minimum atomic E-state index is 0.690. The second-order valence-electron chi connectivity index (χ2n) is 5.13. The topological polar surface area (TPSA) is 0 Å². The van der Waals surface area contributed by atoms with E-state index >= 15 is 0 Å². The minimum absolute atomic E-state index is 0.690. The summed E-state index contributed by atoms with van der Waals surface area (Å²) >= 11 is 0. The Morgan fingerprint density at radius 3 is 2.07 bits per heavy atom. The van der Waals surface area contributed by atoms with Crippen LogP contribution in [0.25, 0.3) is 0 Å². The molecule has 0 aromatic heterocycles. The zero-order chi connectivity index (χ0) is 10.6. The van der Waals surface area contributed by atoms with Crippen LogP contribution in [0.15, 0.2) is 0 Å². The van der Waals surface area contributed by atoms with E-state index in [0.717, 1.165) is 11.8 Å². The van der Waals surface area contributed by atoms with Crippen LogP contribution in [-0.2, 0) is 0 Å². The summed E-state index contributed by atoms with van der Waals surface area (Å²) in [7, 11) is 0. The van der Waals surface area contributed by atoms with E-state index < -0.39 is 0 Å². The average molecular weight is 192 g/mol. The van der Waals surface area contributed by atoms with Crippen molar-refractivity contribution in [3.63, 3.8) is 0 Å². The Hall–Kier alpha value is -0.440. The van der Waals surface area contributed by atoms with Gasteiger partial charge in [-0.05, 0) is 37.5 Å². The summed E-state index contributed by atoms with van der Waals surface area (Å²) in [4.78, 5) is 0. The number of hydrogen-bond acceptors (Lipinski definition) is 0. The highest BCUT2D eigenvalue weighted by atomic mass is 14.2. The van der Waals surface area contributed by atoms with Crippen LogP contribution in [0.4, 0.5) is 0 Å². The third kappa shape index (κ3) is 3.37. The van der Waals surface area contributed by atoms with Gasteiger partial charge in [-0.1, -0.05) is 39.5 Å². The van der Waals surface area contributed by atoms with Gasteiger partial charge >= 0.3 is 0 Å². The first kappa shape index (κ1) is 11.6. The second kappa shape index (κ2) is 5.44. The fraction of sp³-hybridized carbons (Fsp3) is 0.857. The maximum Gasteiger partial charge on any atom is 0.0206 e. The molecule has 0 fully saturated rings. The summed E-state index contributed by atoms with van der Waals surface area (Å²) < 4.78 is 0. The first-order valence-electron chi connectivity index (χ1n) is 6.14. The molecule has 0 saturated carbocycles. The molecule has 0 nitrogen and oxygen atoms in total. The Morgan fingerprint density at radius 2 is 1.64 bits per heavy atom. The third-order valence-electron chi connectivity index (χ3n) is 3.64. The highest BCUT2D eigenvalue weighted by molar-refractivity contribution is 5.11. The van der Waals surface area contributed by atoms with Crippen LogP contribution in [0.1, 0.15) is 53.4 Å². The third-order valence-corrected chi connectivity index (χ3v) is 3.64. The summed E-state index contributed by atoms with van der Waals surface area (Å²) in [5, 5.41) is 0. The number of hydrogen-bond donors (Lipinski definition) is 0. The van der Waals surface area contributed by atoms with E-state index in [-0.39, 0.29) is 0 Å². The van der Waals surface area contributed by atoms with Crippen molar-refractivity contribution in [2.45, 2.75) is 53.4 Å². The van der Waals surface area contributed by atoms with E-state index in [1.54, 1.807) is 0 Å². The smallest absolute Gasteiger partial charge is 0.0206 e. The number of rotatable bonds is 4. The molecular weight excluding hydrogens is 168 g/mol. The zero-order valence-corrected chi connectivity index (χ0v) is 10.1. The van der Waals surface area contributed by atoms with E-state index in [2.05, 4.69) is 39.5 Å². The molecule has 80 valence electrons. The zero-order valence-electron chi connectivity index (χ0n) is 10.1. The van der Waals surface area contributed by atoms with Crippen molar-refractivity contribution in [3.8, 4) is 11.8 Å². The summed E-state index contributed by atoms with van der Waals surface area (Å²) in [5.41, 5.74) is 0. The van der Waals surface area contributed by atoms with Crippen LogP contribution in [0.5, 0.6) is 0 Å². The lowest BCUT2D eigenvalue weighted by molar-refractivity contribution is 0.330. The van der Waals surface area contributed by atoms with Gasteiger partial charge in [0.15, 0.2) is 0 Å². The molecule has 0 amide bonds. The standard InChI is InChI=1S/C14H24/c1-5-13-6-8-14(9-7-13)10-12(4)11(2)3/h11-14H,5-6,8,10H2,1-4H3.